The van der Waals surface area contributed by atoms with Crippen molar-refractivity contribution in [1.82, 2.24) is 20.8 Å². The van der Waals surface area contributed by atoms with E-state index in [1.54, 1.807) is 6.92 Å². The van der Waals surface area contributed by atoms with Crippen molar-refractivity contribution >= 4 is 5.91 Å². The standard InChI is InChI=1S/C18H22N4O2/c1-11-20-18(24-22-11)14-4-2-13(3-5-14)17(23)21-16-10-15(16)12-6-8-19-9-7-12/h2-5,12,15-16,19H,6-10H2,1H3,(H,21,23)/t15-,16+/m0/s1. The number of aryl methyl sites for hydroxylation is 1. The van der Waals surface area contributed by atoms with Crippen LogP contribution in [0, 0.1) is 18.8 Å². The first-order chi connectivity index (χ1) is 11.7. The summed E-state index contributed by atoms with van der Waals surface area (Å²) >= 11 is 0. The molecule has 0 bridgehead atoms. The molecule has 1 aromatic heterocycles. The first-order valence-electron chi connectivity index (χ1n) is 8.63. The van der Waals surface area contributed by atoms with Crippen LogP contribution in [0.3, 0.4) is 0 Å². The number of rotatable bonds is 4. The van der Waals surface area contributed by atoms with Gasteiger partial charge in [-0.3, -0.25) is 4.79 Å². The molecule has 2 N–H and O–H groups in total. The van der Waals surface area contributed by atoms with Gasteiger partial charge in [0.05, 0.1) is 0 Å². The van der Waals surface area contributed by atoms with E-state index in [2.05, 4.69) is 20.8 Å². The third-order valence-corrected chi connectivity index (χ3v) is 5.07. The second-order valence-corrected chi connectivity index (χ2v) is 6.79. The number of carbonyl (C=O) groups excluding carboxylic acids is 1. The zero-order valence-electron chi connectivity index (χ0n) is 13.8. The molecule has 2 atom stereocenters. The number of piperidine rings is 1. The maximum Gasteiger partial charge on any atom is 0.257 e. The molecule has 126 valence electrons. The summed E-state index contributed by atoms with van der Waals surface area (Å²) in [4.78, 5) is 16.6. The van der Waals surface area contributed by atoms with Crippen LogP contribution < -0.4 is 10.6 Å². The Bertz CT molecular complexity index is 719. The fourth-order valence-corrected chi connectivity index (χ4v) is 3.60. The summed E-state index contributed by atoms with van der Waals surface area (Å²) in [5.41, 5.74) is 1.50. The second kappa shape index (κ2) is 6.36. The minimum Gasteiger partial charge on any atom is -0.349 e. The lowest BCUT2D eigenvalue weighted by Gasteiger charge is -2.22. The van der Waals surface area contributed by atoms with Crippen LogP contribution in [0.4, 0.5) is 0 Å². The lowest BCUT2D eigenvalue weighted by molar-refractivity contribution is 0.0947. The molecule has 0 spiro atoms. The lowest BCUT2D eigenvalue weighted by Crippen LogP contribution is -2.32. The van der Waals surface area contributed by atoms with Gasteiger partial charge in [-0.25, -0.2) is 0 Å². The highest BCUT2D eigenvalue weighted by Gasteiger charge is 2.43. The molecule has 6 heteroatoms. The summed E-state index contributed by atoms with van der Waals surface area (Å²) in [6.45, 7) is 4.00. The summed E-state index contributed by atoms with van der Waals surface area (Å²) in [6, 6.07) is 7.66. The van der Waals surface area contributed by atoms with Crippen molar-refractivity contribution in [3.05, 3.63) is 35.7 Å². The quantitative estimate of drug-likeness (QED) is 0.900. The number of hydrogen-bond acceptors (Lipinski definition) is 5. The van der Waals surface area contributed by atoms with Crippen molar-refractivity contribution in [3.63, 3.8) is 0 Å². The van der Waals surface area contributed by atoms with Gasteiger partial charge in [-0.2, -0.15) is 4.98 Å². The van der Waals surface area contributed by atoms with E-state index < -0.39 is 0 Å². The number of amides is 1. The van der Waals surface area contributed by atoms with Gasteiger partial charge in [0.15, 0.2) is 5.82 Å². The maximum atomic E-state index is 12.4. The van der Waals surface area contributed by atoms with Crippen LogP contribution in [0.1, 0.15) is 35.4 Å². The van der Waals surface area contributed by atoms with Gasteiger partial charge in [0, 0.05) is 17.2 Å². The van der Waals surface area contributed by atoms with E-state index in [0.29, 0.717) is 29.2 Å². The van der Waals surface area contributed by atoms with E-state index in [4.69, 9.17) is 4.52 Å². The molecule has 1 aliphatic carbocycles. The summed E-state index contributed by atoms with van der Waals surface area (Å²) in [7, 11) is 0. The van der Waals surface area contributed by atoms with Crippen LogP contribution in [0.5, 0.6) is 0 Å². The summed E-state index contributed by atoms with van der Waals surface area (Å²) in [6.07, 6.45) is 3.58. The molecule has 1 amide bonds. The fraction of sp³-hybridized carbons (Fsp3) is 0.500. The third kappa shape index (κ3) is 3.19. The second-order valence-electron chi connectivity index (χ2n) is 6.79. The van der Waals surface area contributed by atoms with Gasteiger partial charge in [0.1, 0.15) is 0 Å². The Labute approximate surface area is 141 Å². The SMILES string of the molecule is Cc1noc(-c2ccc(C(=O)N[C@@H]3C[C@H]3C3CCNCC3)cc2)n1. The van der Waals surface area contributed by atoms with Gasteiger partial charge < -0.3 is 15.2 Å². The minimum absolute atomic E-state index is 0.00435. The summed E-state index contributed by atoms with van der Waals surface area (Å²) in [5.74, 6) is 2.51. The van der Waals surface area contributed by atoms with Gasteiger partial charge in [-0.1, -0.05) is 5.16 Å². The molecule has 1 saturated heterocycles. The van der Waals surface area contributed by atoms with Crippen molar-refractivity contribution in [2.24, 2.45) is 11.8 Å². The molecule has 1 saturated carbocycles. The van der Waals surface area contributed by atoms with E-state index >= 15 is 0 Å². The van der Waals surface area contributed by atoms with Crippen LogP contribution in [0.15, 0.2) is 28.8 Å². The lowest BCUT2D eigenvalue weighted by atomic mass is 9.93. The smallest absolute Gasteiger partial charge is 0.257 e. The van der Waals surface area contributed by atoms with Crippen LogP contribution in [0.2, 0.25) is 0 Å². The molecular formula is C18H22N4O2. The van der Waals surface area contributed by atoms with Crippen molar-refractivity contribution in [3.8, 4) is 11.5 Å². The number of aromatic nitrogens is 2. The third-order valence-electron chi connectivity index (χ3n) is 5.07. The molecule has 2 fully saturated rings. The van der Waals surface area contributed by atoms with Crippen molar-refractivity contribution in [2.45, 2.75) is 32.2 Å². The molecule has 2 aliphatic rings. The molecule has 2 aromatic rings. The minimum atomic E-state index is 0.00435. The largest absolute Gasteiger partial charge is 0.349 e. The highest BCUT2D eigenvalue weighted by molar-refractivity contribution is 5.95. The van der Waals surface area contributed by atoms with E-state index in [0.717, 1.165) is 31.0 Å². The van der Waals surface area contributed by atoms with Crippen LogP contribution in [-0.4, -0.2) is 35.2 Å². The Kier molecular flexibility index (Phi) is 4.06. The predicted octanol–water partition coefficient (Wildman–Crippen LogP) is 2.16. The van der Waals surface area contributed by atoms with E-state index in [9.17, 15) is 4.79 Å². The van der Waals surface area contributed by atoms with E-state index in [1.807, 2.05) is 24.3 Å². The molecule has 6 nitrogen and oxygen atoms in total. The van der Waals surface area contributed by atoms with Gasteiger partial charge in [-0.15, -0.1) is 0 Å². The molecule has 1 aromatic carbocycles. The monoisotopic (exact) mass is 326 g/mol. The Hall–Kier alpha value is -2.21. The number of benzene rings is 1. The number of nitrogens with one attached hydrogen (secondary N) is 2. The van der Waals surface area contributed by atoms with Gasteiger partial charge >= 0.3 is 0 Å². The average molecular weight is 326 g/mol. The molecule has 2 heterocycles. The zero-order valence-corrected chi connectivity index (χ0v) is 13.8. The Balaban J connectivity index is 1.35. The average Bonchev–Trinajstić information content (AvgIpc) is 3.25. The van der Waals surface area contributed by atoms with Crippen LogP contribution in [-0.2, 0) is 0 Å². The maximum absolute atomic E-state index is 12.4. The van der Waals surface area contributed by atoms with Crippen molar-refractivity contribution < 1.29 is 9.32 Å². The molecule has 1 aliphatic heterocycles. The Morgan fingerprint density at radius 2 is 2.00 bits per heavy atom. The fourth-order valence-electron chi connectivity index (χ4n) is 3.60. The van der Waals surface area contributed by atoms with Gasteiger partial charge in [0.25, 0.3) is 11.8 Å². The summed E-state index contributed by atoms with van der Waals surface area (Å²) < 4.78 is 5.14. The van der Waals surface area contributed by atoms with Crippen molar-refractivity contribution in [2.75, 3.05) is 13.1 Å². The van der Waals surface area contributed by atoms with Gasteiger partial charge in [-0.05, 0) is 75.4 Å². The summed E-state index contributed by atoms with van der Waals surface area (Å²) in [5, 5.41) is 10.3. The van der Waals surface area contributed by atoms with E-state index in [-0.39, 0.29) is 5.91 Å². The number of carbonyl (C=O) groups is 1. The number of nitrogens with zero attached hydrogens (tertiary/aromatic N) is 2. The molecule has 0 unspecified atom stereocenters. The predicted molar refractivity (Wildman–Crippen MR) is 89.4 cm³/mol. The topological polar surface area (TPSA) is 80.0 Å². The first-order valence-corrected chi connectivity index (χ1v) is 8.63. The highest BCUT2D eigenvalue weighted by Crippen LogP contribution is 2.41. The van der Waals surface area contributed by atoms with Crippen LogP contribution in [0.25, 0.3) is 11.5 Å². The Morgan fingerprint density at radius 3 is 2.67 bits per heavy atom. The molecule has 4 rings (SSSR count). The Morgan fingerprint density at radius 1 is 1.25 bits per heavy atom. The van der Waals surface area contributed by atoms with Crippen LogP contribution >= 0.6 is 0 Å². The van der Waals surface area contributed by atoms with Gasteiger partial charge in [0.2, 0.25) is 0 Å². The highest BCUT2D eigenvalue weighted by atomic mass is 16.5. The zero-order chi connectivity index (χ0) is 16.5. The molecule has 0 radical (unpaired) electrons. The number of hydrogen-bond donors (Lipinski definition) is 2. The molecular weight excluding hydrogens is 304 g/mol. The van der Waals surface area contributed by atoms with Crippen molar-refractivity contribution in [1.29, 1.82) is 0 Å². The molecule has 24 heavy (non-hydrogen) atoms. The first kappa shape index (κ1) is 15.3. The van der Waals surface area contributed by atoms with E-state index in [1.165, 1.54) is 12.8 Å². The normalized spacial score (nSPS) is 23.9.